The number of carbonyl (C=O) groups is 1. The van der Waals surface area contributed by atoms with Crippen molar-refractivity contribution >= 4 is 5.97 Å². The molecule has 0 saturated carbocycles. The van der Waals surface area contributed by atoms with Gasteiger partial charge in [-0.15, -0.1) is 0 Å². The molecule has 0 fully saturated rings. The van der Waals surface area contributed by atoms with Crippen LogP contribution in [0.25, 0.3) is 11.1 Å². The van der Waals surface area contributed by atoms with Gasteiger partial charge in [-0.25, -0.2) is 0 Å². The van der Waals surface area contributed by atoms with E-state index < -0.39 is 5.97 Å². The Morgan fingerprint density at radius 3 is 2.22 bits per heavy atom. The van der Waals surface area contributed by atoms with Gasteiger partial charge in [0, 0.05) is 24.2 Å². The van der Waals surface area contributed by atoms with E-state index in [0.29, 0.717) is 19.6 Å². The predicted octanol–water partition coefficient (Wildman–Crippen LogP) is 6.89. The fourth-order valence-corrected chi connectivity index (χ4v) is 4.46. The molecule has 0 aliphatic rings. The van der Waals surface area contributed by atoms with Crippen LogP contribution in [0.3, 0.4) is 0 Å². The Hall–Kier alpha value is -4.12. The van der Waals surface area contributed by atoms with E-state index in [1.165, 1.54) is 16.7 Å². The summed E-state index contributed by atoms with van der Waals surface area (Å²) in [4.78, 5) is 15.3. The van der Waals surface area contributed by atoms with E-state index in [2.05, 4.69) is 55.2 Å². The molecule has 3 aromatic carbocycles. The fourth-order valence-electron chi connectivity index (χ4n) is 4.46. The van der Waals surface area contributed by atoms with Crippen LogP contribution in [0.2, 0.25) is 0 Å². The number of aryl methyl sites for hydroxylation is 4. The summed E-state index contributed by atoms with van der Waals surface area (Å²) in [5.41, 5.74) is 8.81. The molecule has 37 heavy (non-hydrogen) atoms. The molecule has 0 atom stereocenters. The van der Waals surface area contributed by atoms with Crippen molar-refractivity contribution in [3.63, 3.8) is 0 Å². The van der Waals surface area contributed by atoms with Crippen molar-refractivity contribution in [2.24, 2.45) is 0 Å². The van der Waals surface area contributed by atoms with Gasteiger partial charge in [0.25, 0.3) is 0 Å². The standard InChI is InChI=1S/C32H33NO4/c1-22-18-30(36-17-16-28-9-4-6-24(3)33-28)19-23(2)32(22)27-8-5-7-26(20-27)21-37-29-13-10-25(11-14-29)12-15-31(34)35/h4-11,13-14,18-20H,12,15-17,21H2,1-3H3,(H,34,35). The van der Waals surface area contributed by atoms with E-state index in [0.717, 1.165) is 46.0 Å². The molecule has 0 amide bonds. The number of carboxylic acid groups (broad SMARTS) is 1. The summed E-state index contributed by atoms with van der Waals surface area (Å²) in [7, 11) is 0. The number of carboxylic acids is 1. The van der Waals surface area contributed by atoms with Crippen molar-refractivity contribution < 1.29 is 19.4 Å². The van der Waals surface area contributed by atoms with Gasteiger partial charge in [-0.1, -0.05) is 36.4 Å². The molecular weight excluding hydrogens is 462 g/mol. The molecule has 0 spiro atoms. The van der Waals surface area contributed by atoms with E-state index in [9.17, 15) is 4.79 Å². The molecule has 1 heterocycles. The number of aromatic nitrogens is 1. The van der Waals surface area contributed by atoms with Gasteiger partial charge in [0.1, 0.15) is 18.1 Å². The lowest BCUT2D eigenvalue weighted by atomic mass is 9.94. The molecule has 1 aromatic heterocycles. The Kier molecular flexibility index (Phi) is 8.57. The molecule has 0 aliphatic carbocycles. The Morgan fingerprint density at radius 1 is 0.784 bits per heavy atom. The van der Waals surface area contributed by atoms with Gasteiger partial charge in [0.15, 0.2) is 0 Å². The van der Waals surface area contributed by atoms with Crippen molar-refractivity contribution in [2.45, 2.75) is 46.6 Å². The van der Waals surface area contributed by atoms with E-state index >= 15 is 0 Å². The number of hydrogen-bond acceptors (Lipinski definition) is 4. The topological polar surface area (TPSA) is 68.7 Å². The first-order valence-electron chi connectivity index (χ1n) is 12.6. The second-order valence-electron chi connectivity index (χ2n) is 9.33. The molecule has 0 unspecified atom stereocenters. The Morgan fingerprint density at radius 2 is 1.51 bits per heavy atom. The number of nitrogens with zero attached hydrogens (tertiary/aromatic N) is 1. The van der Waals surface area contributed by atoms with Crippen molar-refractivity contribution in [1.29, 1.82) is 0 Å². The molecule has 0 radical (unpaired) electrons. The van der Waals surface area contributed by atoms with Gasteiger partial charge in [-0.05, 0) is 103 Å². The van der Waals surface area contributed by atoms with Crippen molar-refractivity contribution in [1.82, 2.24) is 4.98 Å². The van der Waals surface area contributed by atoms with Crippen LogP contribution in [0, 0.1) is 20.8 Å². The smallest absolute Gasteiger partial charge is 0.303 e. The van der Waals surface area contributed by atoms with Crippen LogP contribution in [0.5, 0.6) is 11.5 Å². The first-order valence-corrected chi connectivity index (χ1v) is 12.6. The number of hydrogen-bond donors (Lipinski definition) is 1. The molecule has 5 heteroatoms. The average Bonchev–Trinajstić information content (AvgIpc) is 2.87. The highest BCUT2D eigenvalue weighted by Crippen LogP contribution is 2.32. The van der Waals surface area contributed by atoms with Gasteiger partial charge >= 0.3 is 5.97 Å². The van der Waals surface area contributed by atoms with E-state index in [1.54, 1.807) is 0 Å². The lowest BCUT2D eigenvalue weighted by Crippen LogP contribution is -2.04. The predicted molar refractivity (Wildman–Crippen MR) is 146 cm³/mol. The van der Waals surface area contributed by atoms with Gasteiger partial charge in [0.2, 0.25) is 0 Å². The summed E-state index contributed by atoms with van der Waals surface area (Å²) in [6.45, 7) is 7.27. The maximum absolute atomic E-state index is 10.8. The summed E-state index contributed by atoms with van der Waals surface area (Å²) < 4.78 is 12.0. The summed E-state index contributed by atoms with van der Waals surface area (Å²) in [5.74, 6) is 0.848. The average molecular weight is 496 g/mol. The van der Waals surface area contributed by atoms with Crippen LogP contribution in [0.15, 0.2) is 78.9 Å². The molecule has 0 aliphatic heterocycles. The summed E-state index contributed by atoms with van der Waals surface area (Å²) >= 11 is 0. The monoisotopic (exact) mass is 495 g/mol. The third-order valence-electron chi connectivity index (χ3n) is 6.25. The molecule has 4 aromatic rings. The number of ether oxygens (including phenoxy) is 2. The number of aliphatic carboxylic acids is 1. The minimum absolute atomic E-state index is 0.129. The zero-order valence-corrected chi connectivity index (χ0v) is 21.7. The van der Waals surface area contributed by atoms with Crippen LogP contribution in [-0.4, -0.2) is 22.7 Å². The SMILES string of the molecule is Cc1cccc(CCOc2cc(C)c(-c3cccc(COc4ccc(CCC(=O)O)cc4)c3)c(C)c2)n1. The van der Waals surface area contributed by atoms with E-state index in [-0.39, 0.29) is 6.42 Å². The zero-order chi connectivity index (χ0) is 26.2. The number of rotatable bonds is 11. The lowest BCUT2D eigenvalue weighted by Gasteiger charge is -2.15. The van der Waals surface area contributed by atoms with Gasteiger partial charge < -0.3 is 14.6 Å². The van der Waals surface area contributed by atoms with E-state index in [1.807, 2.05) is 49.4 Å². The van der Waals surface area contributed by atoms with Crippen LogP contribution in [-0.2, 0) is 24.2 Å². The number of pyridine rings is 1. The minimum Gasteiger partial charge on any atom is -0.493 e. The van der Waals surface area contributed by atoms with Gasteiger partial charge in [-0.3, -0.25) is 9.78 Å². The highest BCUT2D eigenvalue weighted by atomic mass is 16.5. The number of benzene rings is 3. The highest BCUT2D eigenvalue weighted by molar-refractivity contribution is 5.72. The third kappa shape index (κ3) is 7.43. The quantitative estimate of drug-likeness (QED) is 0.245. The first-order chi connectivity index (χ1) is 17.9. The molecule has 1 N–H and O–H groups in total. The van der Waals surface area contributed by atoms with E-state index in [4.69, 9.17) is 14.6 Å². The van der Waals surface area contributed by atoms with Crippen molar-refractivity contribution in [2.75, 3.05) is 6.61 Å². The van der Waals surface area contributed by atoms with Crippen molar-refractivity contribution in [3.05, 3.63) is 113 Å². The second kappa shape index (κ2) is 12.2. The summed E-state index contributed by atoms with van der Waals surface area (Å²) in [6, 6.07) is 26.3. The van der Waals surface area contributed by atoms with Crippen LogP contribution >= 0.6 is 0 Å². The maximum Gasteiger partial charge on any atom is 0.303 e. The van der Waals surface area contributed by atoms with Gasteiger partial charge in [0.05, 0.1) is 6.61 Å². The first kappa shape index (κ1) is 26.0. The Labute approximate surface area is 218 Å². The molecule has 5 nitrogen and oxygen atoms in total. The Bertz CT molecular complexity index is 1340. The minimum atomic E-state index is -0.788. The molecule has 4 rings (SSSR count). The largest absolute Gasteiger partial charge is 0.493 e. The van der Waals surface area contributed by atoms with Crippen molar-refractivity contribution in [3.8, 4) is 22.6 Å². The fraction of sp³-hybridized carbons (Fsp3) is 0.250. The maximum atomic E-state index is 10.8. The normalized spacial score (nSPS) is 10.8. The molecule has 0 saturated heterocycles. The molecule has 0 bridgehead atoms. The molecular formula is C32H33NO4. The lowest BCUT2D eigenvalue weighted by molar-refractivity contribution is -0.136. The Balaban J connectivity index is 1.38. The zero-order valence-electron chi connectivity index (χ0n) is 21.7. The highest BCUT2D eigenvalue weighted by Gasteiger charge is 2.10. The second-order valence-corrected chi connectivity index (χ2v) is 9.33. The summed E-state index contributed by atoms with van der Waals surface area (Å²) in [5, 5.41) is 8.84. The van der Waals surface area contributed by atoms with Crippen LogP contribution in [0.4, 0.5) is 0 Å². The van der Waals surface area contributed by atoms with Crippen LogP contribution in [0.1, 0.15) is 40.1 Å². The third-order valence-corrected chi connectivity index (χ3v) is 6.25. The van der Waals surface area contributed by atoms with Crippen LogP contribution < -0.4 is 9.47 Å². The summed E-state index contributed by atoms with van der Waals surface area (Å²) in [6.07, 6.45) is 1.42. The molecule has 190 valence electrons. The van der Waals surface area contributed by atoms with Gasteiger partial charge in [-0.2, -0.15) is 0 Å².